The third-order valence-corrected chi connectivity index (χ3v) is 13.6. The van der Waals surface area contributed by atoms with E-state index >= 15 is 0 Å². The lowest BCUT2D eigenvalue weighted by molar-refractivity contribution is 0.722. The van der Waals surface area contributed by atoms with Gasteiger partial charge in [0.2, 0.25) is 0 Å². The van der Waals surface area contributed by atoms with Crippen LogP contribution in [0.1, 0.15) is 27.8 Å². The molecule has 288 valence electrons. The average molecular weight is 807 g/mol. The molecule has 0 bridgehead atoms. The largest absolute Gasteiger partial charge is 0.208 e. The maximum Gasteiger partial charge on any atom is 0.164 e. The summed E-state index contributed by atoms with van der Waals surface area (Å²) >= 11 is 1.85. The minimum Gasteiger partial charge on any atom is -0.208 e. The second-order valence-corrected chi connectivity index (χ2v) is 16.9. The summed E-state index contributed by atoms with van der Waals surface area (Å²) < 4.78 is 0. The summed E-state index contributed by atoms with van der Waals surface area (Å²) in [6, 6.07) is 75.3. The van der Waals surface area contributed by atoms with Crippen molar-refractivity contribution in [3.05, 3.63) is 234 Å². The molecule has 1 aliphatic carbocycles. The Morgan fingerprint density at radius 3 is 1.48 bits per heavy atom. The van der Waals surface area contributed by atoms with E-state index in [9.17, 15) is 5.26 Å². The Morgan fingerprint density at radius 1 is 0.355 bits per heavy atom. The molecule has 0 saturated heterocycles. The summed E-state index contributed by atoms with van der Waals surface area (Å²) in [4.78, 5) is 17.6. The number of hydrogen-bond donors (Lipinski definition) is 0. The zero-order chi connectivity index (χ0) is 41.2. The third-order valence-electron chi connectivity index (χ3n) is 12.4. The van der Waals surface area contributed by atoms with E-state index in [-0.39, 0.29) is 0 Å². The van der Waals surface area contributed by atoms with Crippen LogP contribution >= 0.6 is 11.8 Å². The standard InChI is InChI=1S/C57H34N4S/c58-35-42-20-12-23-45-43(21-13-22-44(42)45)40-29-31-49-47(34-40)46-33-39(28-30-48(46)57(49)50-24-7-9-26-52(50)62-53-27-10-8-25-51(53)57)38-18-11-19-41(32-38)56-60-54(36-14-3-1-4-15-36)59-55(61-56)37-16-5-2-6-17-37/h1-34H. The molecule has 5 heteroatoms. The van der Waals surface area contributed by atoms with Gasteiger partial charge in [-0.1, -0.05) is 182 Å². The minimum absolute atomic E-state index is 0.513. The molecule has 1 spiro atoms. The van der Waals surface area contributed by atoms with Gasteiger partial charge in [-0.3, -0.25) is 0 Å². The van der Waals surface area contributed by atoms with E-state index in [4.69, 9.17) is 15.0 Å². The Bertz CT molecular complexity index is 3360. The minimum atomic E-state index is -0.513. The van der Waals surface area contributed by atoms with Gasteiger partial charge < -0.3 is 0 Å². The first-order valence-electron chi connectivity index (χ1n) is 20.7. The number of fused-ring (bicyclic) bond motifs is 10. The van der Waals surface area contributed by atoms with E-state index in [1.54, 1.807) is 0 Å². The first kappa shape index (κ1) is 36.0. The fourth-order valence-corrected chi connectivity index (χ4v) is 10.9. The van der Waals surface area contributed by atoms with E-state index in [0.29, 0.717) is 23.0 Å². The number of nitriles is 1. The van der Waals surface area contributed by atoms with E-state index in [1.165, 1.54) is 43.2 Å². The highest BCUT2D eigenvalue weighted by molar-refractivity contribution is 7.99. The van der Waals surface area contributed by atoms with Crippen LogP contribution in [0.5, 0.6) is 0 Å². The van der Waals surface area contributed by atoms with Crippen LogP contribution in [0.4, 0.5) is 0 Å². The van der Waals surface area contributed by atoms with Gasteiger partial charge in [-0.25, -0.2) is 15.0 Å². The van der Waals surface area contributed by atoms with E-state index in [0.717, 1.165) is 49.7 Å². The van der Waals surface area contributed by atoms with Gasteiger partial charge >= 0.3 is 0 Å². The van der Waals surface area contributed by atoms with Crippen LogP contribution in [0.15, 0.2) is 216 Å². The van der Waals surface area contributed by atoms with Crippen LogP contribution < -0.4 is 0 Å². The molecule has 12 rings (SSSR count). The smallest absolute Gasteiger partial charge is 0.164 e. The summed E-state index contributed by atoms with van der Waals surface area (Å²) in [6.07, 6.45) is 0. The molecule has 0 fully saturated rings. The molecular weight excluding hydrogens is 773 g/mol. The summed E-state index contributed by atoms with van der Waals surface area (Å²) in [7, 11) is 0. The zero-order valence-corrected chi connectivity index (χ0v) is 34.1. The predicted molar refractivity (Wildman–Crippen MR) is 251 cm³/mol. The van der Waals surface area contributed by atoms with Gasteiger partial charge in [0.05, 0.1) is 17.0 Å². The maximum absolute atomic E-state index is 9.99. The van der Waals surface area contributed by atoms with E-state index in [1.807, 2.05) is 90.6 Å². The van der Waals surface area contributed by atoms with Gasteiger partial charge in [0.15, 0.2) is 17.5 Å². The van der Waals surface area contributed by atoms with Gasteiger partial charge in [0, 0.05) is 31.9 Å². The van der Waals surface area contributed by atoms with Gasteiger partial charge in [-0.15, -0.1) is 0 Å². The topological polar surface area (TPSA) is 62.5 Å². The van der Waals surface area contributed by atoms with Gasteiger partial charge in [-0.05, 0) is 97.4 Å². The molecule has 2 aliphatic rings. The van der Waals surface area contributed by atoms with Crippen molar-refractivity contribution in [3.8, 4) is 73.6 Å². The van der Waals surface area contributed by atoms with Crippen molar-refractivity contribution in [2.75, 3.05) is 0 Å². The molecule has 0 radical (unpaired) electrons. The molecule has 0 amide bonds. The highest BCUT2D eigenvalue weighted by Gasteiger charge is 2.50. The molecule has 4 nitrogen and oxygen atoms in total. The summed E-state index contributed by atoms with van der Waals surface area (Å²) in [5.41, 5.74) is 14.9. The van der Waals surface area contributed by atoms with Crippen LogP contribution in [-0.2, 0) is 5.41 Å². The van der Waals surface area contributed by atoms with Gasteiger partial charge in [-0.2, -0.15) is 5.26 Å². The first-order chi connectivity index (χ1) is 30.7. The highest BCUT2D eigenvalue weighted by Crippen LogP contribution is 2.63. The van der Waals surface area contributed by atoms with Crippen LogP contribution in [0, 0.1) is 11.3 Å². The molecular formula is C57H34N4S. The van der Waals surface area contributed by atoms with Crippen molar-refractivity contribution >= 4 is 22.5 Å². The predicted octanol–water partition coefficient (Wildman–Crippen LogP) is 14.1. The van der Waals surface area contributed by atoms with Gasteiger partial charge in [0.1, 0.15) is 0 Å². The van der Waals surface area contributed by atoms with Crippen LogP contribution in [-0.4, -0.2) is 15.0 Å². The molecule has 0 saturated carbocycles. The summed E-state index contributed by atoms with van der Waals surface area (Å²) in [5, 5.41) is 12.0. The third kappa shape index (κ3) is 5.58. The monoisotopic (exact) mass is 806 g/mol. The second-order valence-electron chi connectivity index (χ2n) is 15.8. The zero-order valence-electron chi connectivity index (χ0n) is 33.3. The lowest BCUT2D eigenvalue weighted by atomic mass is 9.67. The molecule has 1 aromatic heterocycles. The maximum atomic E-state index is 9.99. The second kappa shape index (κ2) is 14.4. The van der Waals surface area contributed by atoms with Crippen LogP contribution in [0.25, 0.3) is 78.3 Å². The summed E-state index contributed by atoms with van der Waals surface area (Å²) in [6.45, 7) is 0. The highest BCUT2D eigenvalue weighted by atomic mass is 32.2. The van der Waals surface area contributed by atoms with E-state index < -0.39 is 5.41 Å². The van der Waals surface area contributed by atoms with Crippen molar-refractivity contribution < 1.29 is 0 Å². The molecule has 9 aromatic carbocycles. The Labute approximate surface area is 363 Å². The van der Waals surface area contributed by atoms with Crippen molar-refractivity contribution in [3.63, 3.8) is 0 Å². The molecule has 2 heterocycles. The SMILES string of the molecule is N#Cc1cccc2c(-c3ccc4c(c3)-c3cc(-c5cccc(-c6nc(-c7ccccc7)nc(-c7ccccc7)n6)c5)ccc3C43c4ccccc4Sc4ccccc43)cccc12. The molecule has 0 unspecified atom stereocenters. The fraction of sp³-hybridized carbons (Fsp3) is 0.0175. The lowest BCUT2D eigenvalue weighted by Gasteiger charge is -2.39. The molecule has 10 aromatic rings. The Kier molecular flexibility index (Phi) is 8.35. The number of aromatic nitrogens is 3. The number of nitrogens with zero attached hydrogens (tertiary/aromatic N) is 4. The molecule has 0 N–H and O–H groups in total. The molecule has 0 atom stereocenters. The molecule has 1 aliphatic heterocycles. The van der Waals surface area contributed by atoms with Crippen molar-refractivity contribution in [1.29, 1.82) is 5.26 Å². The lowest BCUT2D eigenvalue weighted by Crippen LogP contribution is -2.31. The molecule has 62 heavy (non-hydrogen) atoms. The van der Waals surface area contributed by atoms with Crippen molar-refractivity contribution in [2.45, 2.75) is 15.2 Å². The number of rotatable bonds is 5. The van der Waals surface area contributed by atoms with Crippen molar-refractivity contribution in [2.24, 2.45) is 0 Å². The first-order valence-corrected chi connectivity index (χ1v) is 21.6. The van der Waals surface area contributed by atoms with Crippen LogP contribution in [0.3, 0.4) is 0 Å². The van der Waals surface area contributed by atoms with Crippen LogP contribution in [0.2, 0.25) is 0 Å². The number of benzene rings is 9. The number of hydrogen-bond acceptors (Lipinski definition) is 5. The van der Waals surface area contributed by atoms with Crippen molar-refractivity contribution in [1.82, 2.24) is 15.0 Å². The van der Waals surface area contributed by atoms with Gasteiger partial charge in [0.25, 0.3) is 0 Å². The Morgan fingerprint density at radius 2 is 0.839 bits per heavy atom. The Balaban J connectivity index is 1.06. The van der Waals surface area contributed by atoms with E-state index in [2.05, 4.69) is 133 Å². The Hall–Kier alpha value is -7.91. The summed E-state index contributed by atoms with van der Waals surface area (Å²) in [5.74, 6) is 1.89. The quantitative estimate of drug-likeness (QED) is 0.173. The average Bonchev–Trinajstić information content (AvgIpc) is 3.63. The fourth-order valence-electron chi connectivity index (χ4n) is 9.69. The normalized spacial score (nSPS) is 12.9.